The van der Waals surface area contributed by atoms with Crippen molar-refractivity contribution in [1.29, 1.82) is 0 Å². The third-order valence-corrected chi connectivity index (χ3v) is 6.54. The standard InChI is InChI=1S/C25H18F2N2O5S/c1-12-8-17-16(24(31)32)6-7-33-20(17)11-19(12)34-15-4-2-13(3-5-15)23(30)29-25-28-22-18(27)9-14(26)10-21(22)35-25/h2-5,8-11,16H,6-7H2,1H3,(H,31,32)(H,28,29,30). The molecule has 0 fully saturated rings. The summed E-state index contributed by atoms with van der Waals surface area (Å²) in [6.45, 7) is 2.13. The lowest BCUT2D eigenvalue weighted by atomic mass is 9.92. The van der Waals surface area contributed by atoms with Crippen molar-refractivity contribution in [1.82, 2.24) is 4.98 Å². The Kier molecular flexibility index (Phi) is 5.81. The molecule has 0 spiro atoms. The summed E-state index contributed by atoms with van der Waals surface area (Å²) in [7, 11) is 0. The summed E-state index contributed by atoms with van der Waals surface area (Å²) in [5.74, 6) is -2.02. The largest absolute Gasteiger partial charge is 0.493 e. The Morgan fingerprint density at radius 3 is 2.69 bits per heavy atom. The van der Waals surface area contributed by atoms with Crippen molar-refractivity contribution < 1.29 is 33.0 Å². The molecule has 0 bridgehead atoms. The van der Waals surface area contributed by atoms with E-state index in [0.717, 1.165) is 29.0 Å². The molecule has 178 valence electrons. The number of ether oxygens (including phenoxy) is 2. The van der Waals surface area contributed by atoms with Crippen molar-refractivity contribution in [3.05, 3.63) is 76.9 Å². The second kappa shape index (κ2) is 8.95. The van der Waals surface area contributed by atoms with Gasteiger partial charge in [-0.05, 0) is 55.3 Å². The molecule has 3 aromatic carbocycles. The van der Waals surface area contributed by atoms with E-state index in [2.05, 4.69) is 10.3 Å². The van der Waals surface area contributed by atoms with Gasteiger partial charge < -0.3 is 14.6 Å². The van der Waals surface area contributed by atoms with E-state index in [1.165, 1.54) is 0 Å². The van der Waals surface area contributed by atoms with E-state index in [1.54, 1.807) is 36.4 Å². The molecule has 0 radical (unpaired) electrons. The number of halogens is 2. The second-order valence-electron chi connectivity index (χ2n) is 8.02. The van der Waals surface area contributed by atoms with Crippen LogP contribution < -0.4 is 14.8 Å². The molecule has 0 aliphatic carbocycles. The predicted octanol–water partition coefficient (Wildman–Crippen LogP) is 5.88. The number of aliphatic carboxylic acids is 1. The second-order valence-corrected chi connectivity index (χ2v) is 9.05. The van der Waals surface area contributed by atoms with Crippen LogP contribution in [-0.4, -0.2) is 28.6 Å². The highest BCUT2D eigenvalue weighted by atomic mass is 32.1. The van der Waals surface area contributed by atoms with Gasteiger partial charge in [-0.1, -0.05) is 11.3 Å². The molecule has 10 heteroatoms. The Morgan fingerprint density at radius 1 is 1.17 bits per heavy atom. The van der Waals surface area contributed by atoms with Crippen molar-refractivity contribution in [2.45, 2.75) is 19.3 Å². The fraction of sp³-hybridized carbons (Fsp3) is 0.160. The number of carbonyl (C=O) groups is 2. The van der Waals surface area contributed by atoms with Crippen LogP contribution >= 0.6 is 11.3 Å². The molecule has 1 aromatic heterocycles. The molecule has 7 nitrogen and oxygen atoms in total. The number of rotatable bonds is 5. The minimum Gasteiger partial charge on any atom is -0.493 e. The lowest BCUT2D eigenvalue weighted by Gasteiger charge is -2.24. The minimum absolute atomic E-state index is 0.00507. The molecule has 1 unspecified atom stereocenters. The molecular formula is C25H18F2N2O5S. The number of carboxylic acids is 1. The average Bonchev–Trinajstić information content (AvgIpc) is 3.22. The summed E-state index contributed by atoms with van der Waals surface area (Å²) in [5.41, 5.74) is 1.69. The quantitative estimate of drug-likeness (QED) is 0.358. The smallest absolute Gasteiger partial charge is 0.311 e. The fourth-order valence-electron chi connectivity index (χ4n) is 3.88. The number of nitrogens with one attached hydrogen (secondary N) is 1. The van der Waals surface area contributed by atoms with Crippen LogP contribution in [0, 0.1) is 18.6 Å². The van der Waals surface area contributed by atoms with Crippen LogP contribution in [0.25, 0.3) is 10.2 Å². The average molecular weight is 496 g/mol. The van der Waals surface area contributed by atoms with Crippen molar-refractivity contribution >= 4 is 38.6 Å². The van der Waals surface area contributed by atoms with Gasteiger partial charge in [0.05, 0.1) is 17.2 Å². The lowest BCUT2D eigenvalue weighted by Crippen LogP contribution is -2.21. The van der Waals surface area contributed by atoms with Crippen LogP contribution in [0.2, 0.25) is 0 Å². The van der Waals surface area contributed by atoms with Crippen molar-refractivity contribution in [2.24, 2.45) is 0 Å². The van der Waals surface area contributed by atoms with Crippen LogP contribution in [0.4, 0.5) is 13.9 Å². The highest BCUT2D eigenvalue weighted by Gasteiger charge is 2.28. The van der Waals surface area contributed by atoms with E-state index in [1.807, 2.05) is 6.92 Å². The molecule has 0 saturated heterocycles. The number of carboxylic acid groups (broad SMARTS) is 1. The van der Waals surface area contributed by atoms with Crippen molar-refractivity contribution in [2.75, 3.05) is 11.9 Å². The Balaban J connectivity index is 1.31. The molecule has 1 amide bonds. The first-order valence-corrected chi connectivity index (χ1v) is 11.4. The van der Waals surface area contributed by atoms with E-state index in [0.29, 0.717) is 46.1 Å². The van der Waals surface area contributed by atoms with Gasteiger partial charge in [0.2, 0.25) is 0 Å². The normalized spacial score (nSPS) is 14.8. The monoisotopic (exact) mass is 496 g/mol. The van der Waals surface area contributed by atoms with E-state index < -0.39 is 29.4 Å². The molecule has 4 aromatic rings. The molecular weight excluding hydrogens is 478 g/mol. The molecule has 0 saturated carbocycles. The molecule has 2 N–H and O–H groups in total. The highest BCUT2D eigenvalue weighted by molar-refractivity contribution is 7.22. The van der Waals surface area contributed by atoms with Gasteiger partial charge in [-0.15, -0.1) is 0 Å². The molecule has 1 aliphatic rings. The van der Waals surface area contributed by atoms with E-state index in [-0.39, 0.29) is 10.6 Å². The maximum atomic E-state index is 13.9. The van der Waals surface area contributed by atoms with Crippen molar-refractivity contribution in [3.63, 3.8) is 0 Å². The summed E-state index contributed by atoms with van der Waals surface area (Å²) in [5, 5.41) is 12.2. The van der Waals surface area contributed by atoms with Gasteiger partial charge in [0.1, 0.15) is 28.6 Å². The van der Waals surface area contributed by atoms with Gasteiger partial charge in [0, 0.05) is 23.3 Å². The third-order valence-electron chi connectivity index (χ3n) is 5.62. The van der Waals surface area contributed by atoms with E-state index in [9.17, 15) is 23.5 Å². The number of thiazole rings is 1. The summed E-state index contributed by atoms with van der Waals surface area (Å²) in [4.78, 5) is 28.1. The number of carbonyl (C=O) groups excluding carboxylic acids is 1. The number of hydrogen-bond donors (Lipinski definition) is 2. The van der Waals surface area contributed by atoms with Crippen LogP contribution in [0.3, 0.4) is 0 Å². The Morgan fingerprint density at radius 2 is 1.94 bits per heavy atom. The molecule has 35 heavy (non-hydrogen) atoms. The zero-order valence-electron chi connectivity index (χ0n) is 18.3. The van der Waals surface area contributed by atoms with Gasteiger partial charge in [-0.2, -0.15) is 0 Å². The molecule has 5 rings (SSSR count). The van der Waals surface area contributed by atoms with Gasteiger partial charge in [0.15, 0.2) is 10.9 Å². The number of amides is 1. The zero-order valence-corrected chi connectivity index (χ0v) is 19.1. The Bertz CT molecular complexity index is 1470. The number of aryl methyl sites for hydroxylation is 1. The van der Waals surface area contributed by atoms with Crippen LogP contribution in [-0.2, 0) is 4.79 Å². The Labute approximate surface area is 201 Å². The van der Waals surface area contributed by atoms with Crippen LogP contribution in [0.15, 0.2) is 48.5 Å². The van der Waals surface area contributed by atoms with Gasteiger partial charge in [-0.25, -0.2) is 13.8 Å². The summed E-state index contributed by atoms with van der Waals surface area (Å²) < 4.78 is 39.1. The molecule has 2 heterocycles. The number of aromatic nitrogens is 1. The maximum Gasteiger partial charge on any atom is 0.311 e. The number of anilines is 1. The van der Waals surface area contributed by atoms with Crippen LogP contribution in [0.5, 0.6) is 17.2 Å². The fourth-order valence-corrected chi connectivity index (χ4v) is 4.78. The SMILES string of the molecule is Cc1cc2c(cc1Oc1ccc(C(=O)Nc3nc4c(F)cc(F)cc4s3)cc1)OCCC2C(=O)O. The molecule has 1 aliphatic heterocycles. The summed E-state index contributed by atoms with van der Waals surface area (Å²) >= 11 is 0.972. The Hall–Kier alpha value is -4.05. The number of nitrogens with zero attached hydrogens (tertiary/aromatic N) is 1. The highest BCUT2D eigenvalue weighted by Crippen LogP contribution is 2.39. The first kappa shape index (κ1) is 22.7. The number of fused-ring (bicyclic) bond motifs is 2. The van der Waals surface area contributed by atoms with E-state index in [4.69, 9.17) is 9.47 Å². The topological polar surface area (TPSA) is 97.8 Å². The summed E-state index contributed by atoms with van der Waals surface area (Å²) in [6.07, 6.45) is 0.411. The number of hydrogen-bond acceptors (Lipinski definition) is 6. The van der Waals surface area contributed by atoms with Gasteiger partial charge >= 0.3 is 5.97 Å². The van der Waals surface area contributed by atoms with Crippen LogP contribution in [0.1, 0.15) is 33.8 Å². The number of benzene rings is 3. The minimum atomic E-state index is -0.889. The first-order valence-electron chi connectivity index (χ1n) is 10.6. The predicted molar refractivity (Wildman–Crippen MR) is 126 cm³/mol. The lowest BCUT2D eigenvalue weighted by molar-refractivity contribution is -0.139. The van der Waals surface area contributed by atoms with Crippen molar-refractivity contribution in [3.8, 4) is 17.2 Å². The van der Waals surface area contributed by atoms with Gasteiger partial charge in [-0.3, -0.25) is 14.9 Å². The first-order chi connectivity index (χ1) is 16.8. The van der Waals surface area contributed by atoms with E-state index >= 15 is 0 Å². The summed E-state index contributed by atoms with van der Waals surface area (Å²) in [6, 6.07) is 11.7. The maximum absolute atomic E-state index is 13.9. The molecule has 1 atom stereocenters. The van der Waals surface area contributed by atoms with Gasteiger partial charge in [0.25, 0.3) is 5.91 Å². The zero-order chi connectivity index (χ0) is 24.7. The third kappa shape index (κ3) is 4.52.